The van der Waals surface area contributed by atoms with E-state index >= 15 is 0 Å². The second kappa shape index (κ2) is 11.5. The van der Waals surface area contributed by atoms with Gasteiger partial charge in [-0.1, -0.05) is 72.8 Å². The second-order valence-electron chi connectivity index (χ2n) is 7.63. The molecule has 0 aromatic heterocycles. The maximum Gasteiger partial charge on any atom is 0.137 e. The summed E-state index contributed by atoms with van der Waals surface area (Å²) in [6.07, 6.45) is 0. The van der Waals surface area contributed by atoms with Crippen LogP contribution in [0, 0.1) is 0 Å². The Morgan fingerprint density at radius 1 is 0.636 bits per heavy atom. The summed E-state index contributed by atoms with van der Waals surface area (Å²) in [5.41, 5.74) is 9.59. The van der Waals surface area contributed by atoms with Gasteiger partial charge in [-0.2, -0.15) is 0 Å². The van der Waals surface area contributed by atoms with E-state index in [1.807, 2.05) is 103 Å². The van der Waals surface area contributed by atoms with Gasteiger partial charge in [0.05, 0.1) is 10.5 Å². The maximum absolute atomic E-state index is 6.37. The van der Waals surface area contributed by atoms with Crippen LogP contribution in [-0.2, 0) is 13.2 Å². The molecule has 4 rings (SSSR count). The van der Waals surface area contributed by atoms with E-state index in [4.69, 9.17) is 19.9 Å². The predicted molar refractivity (Wildman–Crippen MR) is 135 cm³/mol. The molecule has 2 N–H and O–H groups in total. The summed E-state index contributed by atoms with van der Waals surface area (Å²) in [4.78, 5) is 0. The van der Waals surface area contributed by atoms with Crippen LogP contribution in [0.1, 0.15) is 22.7 Å². The number of rotatable bonds is 10. The smallest absolute Gasteiger partial charge is 0.137 e. The van der Waals surface area contributed by atoms with E-state index in [-0.39, 0.29) is 6.04 Å². The molecule has 0 aliphatic heterocycles. The fourth-order valence-corrected chi connectivity index (χ4v) is 3.61. The molecule has 0 amide bonds. The fourth-order valence-electron chi connectivity index (χ4n) is 3.25. The first kappa shape index (κ1) is 22.9. The van der Waals surface area contributed by atoms with Gasteiger partial charge >= 0.3 is 0 Å². The molecule has 0 heterocycles. The van der Waals surface area contributed by atoms with Gasteiger partial charge in [-0.05, 0) is 56.9 Å². The van der Waals surface area contributed by atoms with Gasteiger partial charge in [0.2, 0.25) is 0 Å². The molecular formula is C28H26BrNO3. The first-order valence-corrected chi connectivity index (χ1v) is 11.6. The highest BCUT2D eigenvalue weighted by Crippen LogP contribution is 2.30. The SMILES string of the molecule is NC(COc1cc(OCc2ccccc2)ccc1Br)c1ccc(OCc2ccccc2)cc1. The minimum absolute atomic E-state index is 0.269. The van der Waals surface area contributed by atoms with Crippen molar-refractivity contribution < 1.29 is 14.2 Å². The number of hydrogen-bond acceptors (Lipinski definition) is 4. The van der Waals surface area contributed by atoms with Crippen molar-refractivity contribution in [2.24, 2.45) is 5.73 Å². The third-order valence-electron chi connectivity index (χ3n) is 5.13. The highest BCUT2D eigenvalue weighted by atomic mass is 79.9. The van der Waals surface area contributed by atoms with E-state index in [9.17, 15) is 0 Å². The van der Waals surface area contributed by atoms with Crippen molar-refractivity contribution in [1.82, 2.24) is 0 Å². The zero-order chi connectivity index (χ0) is 22.9. The minimum atomic E-state index is -0.269. The number of halogens is 1. The summed E-state index contributed by atoms with van der Waals surface area (Å²) in [7, 11) is 0. The van der Waals surface area contributed by atoms with E-state index in [2.05, 4.69) is 15.9 Å². The quantitative estimate of drug-likeness (QED) is 0.262. The van der Waals surface area contributed by atoms with Crippen molar-refractivity contribution in [3.63, 3.8) is 0 Å². The van der Waals surface area contributed by atoms with E-state index in [0.717, 1.165) is 32.7 Å². The molecule has 0 saturated carbocycles. The number of nitrogens with two attached hydrogens (primary N) is 1. The lowest BCUT2D eigenvalue weighted by atomic mass is 10.1. The molecule has 0 aliphatic carbocycles. The van der Waals surface area contributed by atoms with E-state index in [0.29, 0.717) is 25.6 Å². The molecule has 0 aliphatic rings. The topological polar surface area (TPSA) is 53.7 Å². The molecule has 1 unspecified atom stereocenters. The molecule has 0 radical (unpaired) electrons. The van der Waals surface area contributed by atoms with E-state index in [1.165, 1.54) is 0 Å². The largest absolute Gasteiger partial charge is 0.490 e. The summed E-state index contributed by atoms with van der Waals surface area (Å²) in [5.74, 6) is 2.24. The van der Waals surface area contributed by atoms with E-state index in [1.54, 1.807) is 0 Å². The standard InChI is InChI=1S/C28H26BrNO3/c29-26-16-15-25(32-19-22-9-5-2-6-10-22)17-28(26)33-20-27(30)23-11-13-24(14-12-23)31-18-21-7-3-1-4-8-21/h1-17,27H,18-20,30H2. The monoisotopic (exact) mass is 503 g/mol. The van der Waals surface area contributed by atoms with Gasteiger partial charge in [0.15, 0.2) is 0 Å². The Kier molecular flexibility index (Phi) is 8.01. The van der Waals surface area contributed by atoms with Crippen LogP contribution < -0.4 is 19.9 Å². The molecule has 4 aromatic rings. The van der Waals surface area contributed by atoms with Crippen LogP contribution in [0.15, 0.2) is 108 Å². The summed E-state index contributed by atoms with van der Waals surface area (Å²) in [6, 6.07) is 33.4. The van der Waals surface area contributed by atoms with Crippen LogP contribution in [0.5, 0.6) is 17.2 Å². The van der Waals surface area contributed by atoms with Crippen molar-refractivity contribution in [2.45, 2.75) is 19.3 Å². The Morgan fingerprint density at radius 3 is 1.79 bits per heavy atom. The summed E-state index contributed by atoms with van der Waals surface area (Å²) in [5, 5.41) is 0. The molecule has 0 fully saturated rings. The van der Waals surface area contributed by atoms with Crippen molar-refractivity contribution in [3.8, 4) is 17.2 Å². The minimum Gasteiger partial charge on any atom is -0.490 e. The third kappa shape index (κ3) is 6.85. The van der Waals surface area contributed by atoms with Gasteiger partial charge in [-0.3, -0.25) is 0 Å². The highest BCUT2D eigenvalue weighted by molar-refractivity contribution is 9.10. The van der Waals surface area contributed by atoms with E-state index < -0.39 is 0 Å². The molecule has 0 saturated heterocycles. The Morgan fingerprint density at radius 2 is 1.18 bits per heavy atom. The summed E-state index contributed by atoms with van der Waals surface area (Å²) >= 11 is 3.54. The lowest BCUT2D eigenvalue weighted by molar-refractivity contribution is 0.279. The first-order valence-electron chi connectivity index (χ1n) is 10.8. The van der Waals surface area contributed by atoms with Crippen LogP contribution in [0.4, 0.5) is 0 Å². The average Bonchev–Trinajstić information content (AvgIpc) is 2.87. The molecule has 1 atom stereocenters. The Bertz CT molecular complexity index is 1130. The molecule has 168 valence electrons. The molecular weight excluding hydrogens is 478 g/mol. The summed E-state index contributed by atoms with van der Waals surface area (Å²) in [6.45, 7) is 1.37. The van der Waals surface area contributed by atoms with Gasteiger partial charge in [-0.15, -0.1) is 0 Å². The Labute approximate surface area is 203 Å². The number of benzene rings is 4. The Balaban J connectivity index is 1.30. The normalized spacial score (nSPS) is 11.6. The fraction of sp³-hybridized carbons (Fsp3) is 0.143. The molecule has 33 heavy (non-hydrogen) atoms. The first-order chi connectivity index (χ1) is 16.2. The van der Waals surface area contributed by atoms with Gasteiger partial charge < -0.3 is 19.9 Å². The molecule has 4 aromatic carbocycles. The number of hydrogen-bond donors (Lipinski definition) is 1. The van der Waals surface area contributed by atoms with Crippen LogP contribution >= 0.6 is 15.9 Å². The van der Waals surface area contributed by atoms with Crippen LogP contribution in [0.3, 0.4) is 0 Å². The zero-order valence-corrected chi connectivity index (χ0v) is 19.8. The zero-order valence-electron chi connectivity index (χ0n) is 18.2. The van der Waals surface area contributed by atoms with Crippen LogP contribution in [0.25, 0.3) is 0 Å². The second-order valence-corrected chi connectivity index (χ2v) is 8.48. The molecule has 0 bridgehead atoms. The van der Waals surface area contributed by atoms with Crippen molar-refractivity contribution in [2.75, 3.05) is 6.61 Å². The maximum atomic E-state index is 6.37. The predicted octanol–water partition coefficient (Wildman–Crippen LogP) is 6.69. The van der Waals surface area contributed by atoms with Crippen molar-refractivity contribution >= 4 is 15.9 Å². The van der Waals surface area contributed by atoms with Crippen molar-refractivity contribution in [3.05, 3.63) is 124 Å². The molecule has 0 spiro atoms. The number of ether oxygens (including phenoxy) is 3. The van der Waals surface area contributed by atoms with Gasteiger partial charge in [0.25, 0.3) is 0 Å². The van der Waals surface area contributed by atoms with Gasteiger partial charge in [0.1, 0.15) is 37.1 Å². The molecule has 4 nitrogen and oxygen atoms in total. The van der Waals surface area contributed by atoms with Crippen LogP contribution in [-0.4, -0.2) is 6.61 Å². The summed E-state index contributed by atoms with van der Waals surface area (Å²) < 4.78 is 18.6. The average molecular weight is 504 g/mol. The molecule has 5 heteroatoms. The van der Waals surface area contributed by atoms with Crippen molar-refractivity contribution in [1.29, 1.82) is 0 Å². The van der Waals surface area contributed by atoms with Gasteiger partial charge in [0, 0.05) is 6.07 Å². The third-order valence-corrected chi connectivity index (χ3v) is 5.78. The lowest BCUT2D eigenvalue weighted by Crippen LogP contribution is -2.19. The lowest BCUT2D eigenvalue weighted by Gasteiger charge is -2.16. The Hall–Kier alpha value is -3.28. The highest BCUT2D eigenvalue weighted by Gasteiger charge is 2.10. The van der Waals surface area contributed by atoms with Gasteiger partial charge in [-0.25, -0.2) is 0 Å². The van der Waals surface area contributed by atoms with Crippen LogP contribution in [0.2, 0.25) is 0 Å².